The Morgan fingerprint density at radius 3 is 2.78 bits per heavy atom. The van der Waals surface area contributed by atoms with Gasteiger partial charge in [0.1, 0.15) is 36.9 Å². The van der Waals surface area contributed by atoms with Crippen LogP contribution in [-0.4, -0.2) is 28.3 Å². The minimum Gasteiger partial charge on any atom is -0.487 e. The number of hydrogen-bond acceptors (Lipinski definition) is 7. The smallest absolute Gasteiger partial charge is 0.159 e. The van der Waals surface area contributed by atoms with Crippen molar-refractivity contribution in [1.29, 1.82) is 0 Å². The Balaban J connectivity index is 1.56. The van der Waals surface area contributed by atoms with Crippen molar-refractivity contribution in [3.63, 3.8) is 0 Å². The number of hydrogen-bond donors (Lipinski definition) is 2. The van der Waals surface area contributed by atoms with Gasteiger partial charge in [-0.25, -0.2) is 14.4 Å². The highest BCUT2D eigenvalue weighted by Gasteiger charge is 2.11. The van der Waals surface area contributed by atoms with E-state index in [-0.39, 0.29) is 25.1 Å². The van der Waals surface area contributed by atoms with Crippen LogP contribution in [0.3, 0.4) is 0 Å². The van der Waals surface area contributed by atoms with E-state index in [1.54, 1.807) is 31.2 Å². The number of benzene rings is 3. The lowest BCUT2D eigenvalue weighted by Crippen LogP contribution is -2.20. The zero-order valence-electron chi connectivity index (χ0n) is 20.3. The molecule has 0 saturated heterocycles. The highest BCUT2D eigenvalue weighted by Crippen LogP contribution is 2.31. The SMILES string of the molecule is CC#CC(=NOC[C@@H](C)N)c1ccc2ncnc(Nc3ccc(OCc4cccc(F)c4)c(Cl)c3)c2c1. The first-order valence-corrected chi connectivity index (χ1v) is 11.9. The zero-order chi connectivity index (χ0) is 26.2. The van der Waals surface area contributed by atoms with Crippen LogP contribution in [0.15, 0.2) is 72.1 Å². The summed E-state index contributed by atoms with van der Waals surface area (Å²) in [6, 6.07) is 17.0. The van der Waals surface area contributed by atoms with E-state index in [0.29, 0.717) is 33.6 Å². The summed E-state index contributed by atoms with van der Waals surface area (Å²) < 4.78 is 19.2. The van der Waals surface area contributed by atoms with Gasteiger partial charge in [0.05, 0.1) is 10.5 Å². The molecule has 0 amide bonds. The van der Waals surface area contributed by atoms with Crippen molar-refractivity contribution in [2.24, 2.45) is 10.9 Å². The fourth-order valence-electron chi connectivity index (χ4n) is 3.41. The highest BCUT2D eigenvalue weighted by molar-refractivity contribution is 6.32. The van der Waals surface area contributed by atoms with Gasteiger partial charge in [-0.3, -0.25) is 0 Å². The van der Waals surface area contributed by atoms with Gasteiger partial charge < -0.3 is 20.6 Å². The lowest BCUT2D eigenvalue weighted by molar-refractivity contribution is 0.134. The van der Waals surface area contributed by atoms with E-state index in [1.165, 1.54) is 18.5 Å². The Labute approximate surface area is 219 Å². The van der Waals surface area contributed by atoms with Crippen molar-refractivity contribution in [3.8, 4) is 17.6 Å². The fourth-order valence-corrected chi connectivity index (χ4v) is 3.64. The van der Waals surface area contributed by atoms with Gasteiger partial charge in [0.15, 0.2) is 5.71 Å². The zero-order valence-corrected chi connectivity index (χ0v) is 21.1. The van der Waals surface area contributed by atoms with E-state index < -0.39 is 0 Å². The molecule has 7 nitrogen and oxygen atoms in total. The van der Waals surface area contributed by atoms with Gasteiger partial charge in [-0.05, 0) is 73.9 Å². The molecule has 0 saturated carbocycles. The van der Waals surface area contributed by atoms with E-state index in [4.69, 9.17) is 26.9 Å². The van der Waals surface area contributed by atoms with E-state index >= 15 is 0 Å². The Morgan fingerprint density at radius 2 is 2.03 bits per heavy atom. The minimum absolute atomic E-state index is 0.148. The molecule has 3 N–H and O–H groups in total. The summed E-state index contributed by atoms with van der Waals surface area (Å²) in [5.74, 6) is 6.57. The molecule has 4 rings (SSSR count). The van der Waals surface area contributed by atoms with Crippen LogP contribution in [0, 0.1) is 17.7 Å². The molecule has 0 spiro atoms. The van der Waals surface area contributed by atoms with Crippen LogP contribution < -0.4 is 15.8 Å². The summed E-state index contributed by atoms with van der Waals surface area (Å²) in [4.78, 5) is 14.1. The molecule has 37 heavy (non-hydrogen) atoms. The lowest BCUT2D eigenvalue weighted by Gasteiger charge is -2.12. The number of aromatic nitrogens is 2. The minimum atomic E-state index is -0.315. The van der Waals surface area contributed by atoms with Gasteiger partial charge in [-0.2, -0.15) is 0 Å². The number of nitrogens with two attached hydrogens (primary N) is 1. The maximum absolute atomic E-state index is 13.4. The van der Waals surface area contributed by atoms with Crippen LogP contribution >= 0.6 is 11.6 Å². The average Bonchev–Trinajstić information content (AvgIpc) is 2.87. The van der Waals surface area contributed by atoms with E-state index in [9.17, 15) is 4.39 Å². The van der Waals surface area contributed by atoms with Crippen molar-refractivity contribution < 1.29 is 14.0 Å². The number of nitrogens with zero attached hydrogens (tertiary/aromatic N) is 3. The first-order chi connectivity index (χ1) is 17.9. The quantitative estimate of drug-likeness (QED) is 0.165. The molecule has 0 aliphatic carbocycles. The molecule has 0 unspecified atom stereocenters. The molecule has 0 radical (unpaired) electrons. The molecule has 0 bridgehead atoms. The Hall–Kier alpha value is -4.19. The monoisotopic (exact) mass is 517 g/mol. The normalized spacial score (nSPS) is 12.0. The third-order valence-corrected chi connectivity index (χ3v) is 5.42. The molecule has 1 aromatic heterocycles. The Kier molecular flexibility index (Phi) is 8.52. The summed E-state index contributed by atoms with van der Waals surface area (Å²) in [7, 11) is 0. The van der Waals surface area contributed by atoms with Crippen LogP contribution in [0.2, 0.25) is 5.02 Å². The number of ether oxygens (including phenoxy) is 1. The van der Waals surface area contributed by atoms with Crippen molar-refractivity contribution in [1.82, 2.24) is 9.97 Å². The molecule has 4 aromatic rings. The number of rotatable bonds is 9. The van der Waals surface area contributed by atoms with Gasteiger partial charge in [0, 0.05) is 22.7 Å². The van der Waals surface area contributed by atoms with E-state index in [0.717, 1.165) is 16.5 Å². The maximum Gasteiger partial charge on any atom is 0.159 e. The molecule has 1 heterocycles. The average molecular weight is 518 g/mol. The molecule has 0 aliphatic rings. The number of halogens is 2. The highest BCUT2D eigenvalue weighted by atomic mass is 35.5. The third-order valence-electron chi connectivity index (χ3n) is 5.12. The summed E-state index contributed by atoms with van der Waals surface area (Å²) >= 11 is 6.46. The molecule has 3 aromatic carbocycles. The molecule has 0 aliphatic heterocycles. The molecule has 188 valence electrons. The summed E-state index contributed by atoms with van der Waals surface area (Å²) in [6.07, 6.45) is 1.48. The standard InChI is InChI=1S/C28H25ClFN5O2/c1-3-5-25(35-37-15-18(2)31)20-8-10-26-23(13-20)28(33-17-32-26)34-22-9-11-27(24(29)14-22)36-16-19-6-4-7-21(30)12-19/h4,6-14,17-18H,15-16,31H2,1-2H3,(H,32,33,34)/t18-/m1/s1. The van der Waals surface area contributed by atoms with E-state index in [2.05, 4.69) is 32.3 Å². The largest absolute Gasteiger partial charge is 0.487 e. The van der Waals surface area contributed by atoms with Gasteiger partial charge >= 0.3 is 0 Å². The number of oxime groups is 1. The molecule has 0 fully saturated rings. The fraction of sp³-hybridized carbons (Fsp3) is 0.179. The molecule has 1 atom stereocenters. The number of nitrogens with one attached hydrogen (secondary N) is 1. The van der Waals surface area contributed by atoms with E-state index in [1.807, 2.05) is 31.2 Å². The second-order valence-electron chi connectivity index (χ2n) is 8.23. The van der Waals surface area contributed by atoms with Gasteiger partial charge in [0.2, 0.25) is 0 Å². The Bertz CT molecular complexity index is 1500. The van der Waals surface area contributed by atoms with Crippen molar-refractivity contribution in [2.75, 3.05) is 11.9 Å². The van der Waals surface area contributed by atoms with Gasteiger partial charge in [0.25, 0.3) is 0 Å². The first-order valence-electron chi connectivity index (χ1n) is 11.5. The topological polar surface area (TPSA) is 94.7 Å². The van der Waals surface area contributed by atoms with Gasteiger partial charge in [-0.1, -0.05) is 34.8 Å². The lowest BCUT2D eigenvalue weighted by atomic mass is 10.1. The van der Waals surface area contributed by atoms with Crippen molar-refractivity contribution >= 4 is 39.7 Å². The molecule has 9 heteroatoms. The summed E-state index contributed by atoms with van der Waals surface area (Å²) in [5.41, 5.74) is 9.12. The van der Waals surface area contributed by atoms with Crippen LogP contribution in [-0.2, 0) is 11.4 Å². The van der Waals surface area contributed by atoms with Crippen LogP contribution in [0.25, 0.3) is 10.9 Å². The molecular weight excluding hydrogens is 493 g/mol. The second-order valence-corrected chi connectivity index (χ2v) is 8.64. The van der Waals surface area contributed by atoms with Crippen LogP contribution in [0.5, 0.6) is 5.75 Å². The third kappa shape index (κ3) is 6.94. The van der Waals surface area contributed by atoms with Crippen LogP contribution in [0.4, 0.5) is 15.9 Å². The molecular formula is C28H25ClFN5O2. The van der Waals surface area contributed by atoms with Crippen molar-refractivity contribution in [3.05, 3.63) is 89.0 Å². The van der Waals surface area contributed by atoms with Gasteiger partial charge in [-0.15, -0.1) is 0 Å². The second kappa shape index (κ2) is 12.2. The maximum atomic E-state index is 13.4. The predicted molar refractivity (Wildman–Crippen MR) is 145 cm³/mol. The Morgan fingerprint density at radius 1 is 1.16 bits per heavy atom. The van der Waals surface area contributed by atoms with Crippen LogP contribution in [0.1, 0.15) is 25.0 Å². The summed E-state index contributed by atoms with van der Waals surface area (Å²) in [6.45, 7) is 4.04. The number of anilines is 2. The number of fused-ring (bicyclic) bond motifs is 1. The predicted octanol–water partition coefficient (Wildman–Crippen LogP) is 5.84. The van der Waals surface area contributed by atoms with Crippen molar-refractivity contribution in [2.45, 2.75) is 26.5 Å². The first kappa shape index (κ1) is 25.9. The summed E-state index contributed by atoms with van der Waals surface area (Å²) in [5, 5.41) is 8.61.